The molecule has 0 fully saturated rings. The van der Waals surface area contributed by atoms with Crippen molar-refractivity contribution in [3.63, 3.8) is 0 Å². The van der Waals surface area contributed by atoms with Crippen LogP contribution in [0, 0.1) is 0 Å². The molecule has 0 radical (unpaired) electrons. The summed E-state index contributed by atoms with van der Waals surface area (Å²) < 4.78 is 33.1. The van der Waals surface area contributed by atoms with Crippen LogP contribution in [-0.2, 0) is 14.8 Å². The molecular weight excluding hydrogens is 448 g/mol. The molecule has 32 heavy (non-hydrogen) atoms. The Morgan fingerprint density at radius 3 is 2.31 bits per heavy atom. The molecular formula is C24H25ClN2O4S. The van der Waals surface area contributed by atoms with E-state index >= 15 is 0 Å². The molecule has 6 nitrogen and oxygen atoms in total. The highest BCUT2D eigenvalue weighted by molar-refractivity contribution is 7.92. The number of ether oxygens (including phenoxy) is 1. The Bertz CT molecular complexity index is 1150. The number of sulfonamides is 1. The highest BCUT2D eigenvalue weighted by Crippen LogP contribution is 2.27. The first-order valence-electron chi connectivity index (χ1n) is 10.1. The standard InChI is InChI=1S/C24H25ClN2O4S/c1-3-23(18-8-5-4-6-9-18)26-24(28)17-27(20-11-7-10-19(25)16-20)32(29,30)22-14-12-21(31-2)13-15-22/h4-16,23H,3,17H2,1-2H3,(H,26,28)/t23-/m0/s1. The van der Waals surface area contributed by atoms with Gasteiger partial charge in [0.25, 0.3) is 10.0 Å². The van der Waals surface area contributed by atoms with Crippen molar-refractivity contribution in [2.45, 2.75) is 24.3 Å². The van der Waals surface area contributed by atoms with Crippen LogP contribution in [0.4, 0.5) is 5.69 Å². The summed E-state index contributed by atoms with van der Waals surface area (Å²) in [7, 11) is -2.54. The summed E-state index contributed by atoms with van der Waals surface area (Å²) in [5, 5.41) is 3.31. The molecule has 3 aromatic carbocycles. The van der Waals surface area contributed by atoms with Crippen molar-refractivity contribution in [2.75, 3.05) is 18.0 Å². The van der Waals surface area contributed by atoms with Crippen molar-refractivity contribution in [2.24, 2.45) is 0 Å². The fourth-order valence-corrected chi connectivity index (χ4v) is 4.90. The van der Waals surface area contributed by atoms with Crippen LogP contribution in [-0.4, -0.2) is 28.0 Å². The second-order valence-electron chi connectivity index (χ2n) is 7.11. The molecule has 0 saturated heterocycles. The lowest BCUT2D eigenvalue weighted by molar-refractivity contribution is -0.120. The fraction of sp³-hybridized carbons (Fsp3) is 0.208. The monoisotopic (exact) mass is 472 g/mol. The van der Waals surface area contributed by atoms with Crippen LogP contribution < -0.4 is 14.4 Å². The van der Waals surface area contributed by atoms with E-state index in [2.05, 4.69) is 5.32 Å². The van der Waals surface area contributed by atoms with Crippen molar-refractivity contribution in [1.29, 1.82) is 0 Å². The number of carbonyl (C=O) groups is 1. The molecule has 1 N–H and O–H groups in total. The Kier molecular flexibility index (Phi) is 7.77. The number of nitrogens with one attached hydrogen (secondary N) is 1. The number of carbonyl (C=O) groups excluding carboxylic acids is 1. The molecule has 0 aliphatic rings. The molecule has 0 spiro atoms. The molecule has 3 rings (SSSR count). The van der Waals surface area contributed by atoms with E-state index in [0.717, 1.165) is 9.87 Å². The third-order valence-corrected chi connectivity index (χ3v) is 7.00. The number of benzene rings is 3. The van der Waals surface area contributed by atoms with Crippen molar-refractivity contribution in [3.8, 4) is 5.75 Å². The lowest BCUT2D eigenvalue weighted by Gasteiger charge is -2.26. The van der Waals surface area contributed by atoms with Gasteiger partial charge in [0.1, 0.15) is 12.3 Å². The van der Waals surface area contributed by atoms with Crippen LogP contribution in [0.3, 0.4) is 0 Å². The zero-order valence-corrected chi connectivity index (χ0v) is 19.4. The van der Waals surface area contributed by atoms with Crippen molar-refractivity contribution < 1.29 is 17.9 Å². The SMILES string of the molecule is CC[C@H](NC(=O)CN(c1cccc(Cl)c1)S(=O)(=O)c1ccc(OC)cc1)c1ccccc1. The van der Waals surface area contributed by atoms with Crippen molar-refractivity contribution in [1.82, 2.24) is 5.32 Å². The van der Waals surface area contributed by atoms with Gasteiger partial charge < -0.3 is 10.1 Å². The van der Waals surface area contributed by atoms with Gasteiger partial charge in [-0.15, -0.1) is 0 Å². The van der Waals surface area contributed by atoms with E-state index in [-0.39, 0.29) is 10.9 Å². The van der Waals surface area contributed by atoms with Crippen LogP contribution >= 0.6 is 11.6 Å². The van der Waals surface area contributed by atoms with Gasteiger partial charge in [-0.3, -0.25) is 9.10 Å². The second kappa shape index (κ2) is 10.5. The van der Waals surface area contributed by atoms with Gasteiger partial charge in [-0.2, -0.15) is 0 Å². The minimum Gasteiger partial charge on any atom is -0.497 e. The topological polar surface area (TPSA) is 75.7 Å². The summed E-state index contributed by atoms with van der Waals surface area (Å²) in [6.07, 6.45) is 0.665. The first-order chi connectivity index (χ1) is 15.3. The molecule has 0 aliphatic carbocycles. The second-order valence-corrected chi connectivity index (χ2v) is 9.40. The quantitative estimate of drug-likeness (QED) is 0.484. The van der Waals surface area contributed by atoms with Crippen LogP contribution in [0.15, 0.2) is 83.8 Å². The van der Waals surface area contributed by atoms with Gasteiger partial charge in [-0.1, -0.05) is 54.9 Å². The zero-order chi connectivity index (χ0) is 23.1. The lowest BCUT2D eigenvalue weighted by Crippen LogP contribution is -2.42. The van der Waals surface area contributed by atoms with E-state index < -0.39 is 22.5 Å². The first kappa shape index (κ1) is 23.6. The maximum absolute atomic E-state index is 13.5. The largest absolute Gasteiger partial charge is 0.497 e. The van der Waals surface area contributed by atoms with Gasteiger partial charge in [-0.25, -0.2) is 8.42 Å². The molecule has 0 heterocycles. The molecule has 0 aromatic heterocycles. The molecule has 168 valence electrons. The van der Waals surface area contributed by atoms with Gasteiger partial charge in [0.2, 0.25) is 5.91 Å². The average Bonchev–Trinajstić information content (AvgIpc) is 2.81. The first-order valence-corrected chi connectivity index (χ1v) is 11.9. The summed E-state index contributed by atoms with van der Waals surface area (Å²) in [4.78, 5) is 13.0. The highest BCUT2D eigenvalue weighted by atomic mass is 35.5. The number of rotatable bonds is 9. The number of amides is 1. The summed E-state index contributed by atoms with van der Waals surface area (Å²) in [5.41, 5.74) is 1.26. The van der Waals surface area contributed by atoms with Crippen LogP contribution in [0.5, 0.6) is 5.75 Å². The van der Waals surface area contributed by atoms with E-state index in [1.165, 1.54) is 25.3 Å². The Hall–Kier alpha value is -3.03. The smallest absolute Gasteiger partial charge is 0.264 e. The fourth-order valence-electron chi connectivity index (χ4n) is 3.30. The number of methoxy groups -OCH3 is 1. The molecule has 0 aliphatic heterocycles. The molecule has 0 bridgehead atoms. The number of hydrogen-bond donors (Lipinski definition) is 1. The lowest BCUT2D eigenvalue weighted by atomic mass is 10.0. The summed E-state index contributed by atoms with van der Waals surface area (Å²) in [5.74, 6) is 0.113. The Morgan fingerprint density at radius 2 is 1.72 bits per heavy atom. The minimum absolute atomic E-state index is 0.0428. The maximum Gasteiger partial charge on any atom is 0.264 e. The average molecular weight is 473 g/mol. The number of hydrogen-bond acceptors (Lipinski definition) is 4. The van der Waals surface area contributed by atoms with E-state index in [0.29, 0.717) is 22.9 Å². The van der Waals surface area contributed by atoms with Crippen LogP contribution in [0.1, 0.15) is 24.9 Å². The van der Waals surface area contributed by atoms with E-state index in [1.54, 1.807) is 30.3 Å². The third kappa shape index (κ3) is 5.60. The number of nitrogens with zero attached hydrogens (tertiary/aromatic N) is 1. The Labute approximate surface area is 193 Å². The third-order valence-electron chi connectivity index (χ3n) is 4.98. The maximum atomic E-state index is 13.5. The molecule has 3 aromatic rings. The van der Waals surface area contributed by atoms with Gasteiger partial charge in [-0.05, 0) is 54.4 Å². The summed E-state index contributed by atoms with van der Waals surface area (Å²) in [6.45, 7) is 1.57. The predicted molar refractivity (Wildman–Crippen MR) is 127 cm³/mol. The molecule has 0 unspecified atom stereocenters. The Morgan fingerprint density at radius 1 is 1.03 bits per heavy atom. The van der Waals surface area contributed by atoms with Crippen molar-refractivity contribution >= 4 is 33.2 Å². The minimum atomic E-state index is -4.04. The summed E-state index contributed by atoms with van der Waals surface area (Å²) in [6, 6.07) is 21.8. The van der Waals surface area contributed by atoms with Crippen LogP contribution in [0.25, 0.3) is 0 Å². The molecule has 1 atom stereocenters. The molecule has 8 heteroatoms. The van der Waals surface area contributed by atoms with Gasteiger partial charge >= 0.3 is 0 Å². The Balaban J connectivity index is 1.91. The van der Waals surface area contributed by atoms with Gasteiger partial charge in [0, 0.05) is 5.02 Å². The number of anilines is 1. The highest BCUT2D eigenvalue weighted by Gasteiger charge is 2.28. The number of halogens is 1. The van der Waals surface area contributed by atoms with E-state index in [9.17, 15) is 13.2 Å². The van der Waals surface area contributed by atoms with Gasteiger partial charge in [0.15, 0.2) is 0 Å². The van der Waals surface area contributed by atoms with E-state index in [4.69, 9.17) is 16.3 Å². The van der Waals surface area contributed by atoms with Gasteiger partial charge in [0.05, 0.1) is 23.7 Å². The molecule has 1 amide bonds. The zero-order valence-electron chi connectivity index (χ0n) is 17.9. The van der Waals surface area contributed by atoms with E-state index in [1.807, 2.05) is 37.3 Å². The van der Waals surface area contributed by atoms with Crippen LogP contribution in [0.2, 0.25) is 5.02 Å². The molecule has 0 saturated carbocycles. The normalized spacial score (nSPS) is 12.1. The van der Waals surface area contributed by atoms with Crippen molar-refractivity contribution in [3.05, 3.63) is 89.4 Å². The summed E-state index contributed by atoms with van der Waals surface area (Å²) >= 11 is 6.11. The predicted octanol–water partition coefficient (Wildman–Crippen LogP) is 4.81.